The van der Waals surface area contributed by atoms with E-state index in [4.69, 9.17) is 16.9 Å². The van der Waals surface area contributed by atoms with Crippen molar-refractivity contribution in [1.82, 2.24) is 5.32 Å². The maximum Gasteiger partial charge on any atom is 0.0995 e. The number of benzene rings is 2. The second-order valence-electron chi connectivity index (χ2n) is 4.32. The lowest BCUT2D eigenvalue weighted by Gasteiger charge is -2.06. The molecule has 2 aromatic rings. The number of hydrogen-bond donors (Lipinski definition) is 1. The second kappa shape index (κ2) is 6.94. The van der Waals surface area contributed by atoms with E-state index in [0.717, 1.165) is 35.7 Å². The van der Waals surface area contributed by atoms with Crippen LogP contribution in [0.25, 0.3) is 0 Å². The number of nitriles is 1. The molecule has 0 spiro atoms. The zero-order valence-electron chi connectivity index (χ0n) is 10.6. The first kappa shape index (κ1) is 13.6. The summed E-state index contributed by atoms with van der Waals surface area (Å²) in [7, 11) is 0. The average molecular weight is 271 g/mol. The minimum Gasteiger partial charge on any atom is -0.312 e. The van der Waals surface area contributed by atoms with Gasteiger partial charge in [0.05, 0.1) is 11.6 Å². The standard InChI is InChI=1S/C16H15ClN2/c17-16-7-5-13(6-8-16)9-10-19-12-15-4-2-1-3-14(15)11-18/h1-8,19H,9-10,12H2. The predicted octanol–water partition coefficient (Wildman–Crippen LogP) is 3.54. The minimum atomic E-state index is 0.720. The first-order valence-corrected chi connectivity index (χ1v) is 6.60. The van der Waals surface area contributed by atoms with Crippen molar-refractivity contribution in [1.29, 1.82) is 5.26 Å². The van der Waals surface area contributed by atoms with Gasteiger partial charge in [-0.3, -0.25) is 0 Å². The van der Waals surface area contributed by atoms with Crippen molar-refractivity contribution in [2.45, 2.75) is 13.0 Å². The lowest BCUT2D eigenvalue weighted by Crippen LogP contribution is -2.17. The molecule has 0 unspecified atom stereocenters. The van der Waals surface area contributed by atoms with Crippen molar-refractivity contribution in [2.75, 3.05) is 6.54 Å². The topological polar surface area (TPSA) is 35.8 Å². The van der Waals surface area contributed by atoms with Gasteiger partial charge in [-0.25, -0.2) is 0 Å². The van der Waals surface area contributed by atoms with Gasteiger partial charge in [-0.2, -0.15) is 5.26 Å². The van der Waals surface area contributed by atoms with Crippen LogP contribution in [-0.4, -0.2) is 6.54 Å². The van der Waals surface area contributed by atoms with Crippen LogP contribution >= 0.6 is 11.6 Å². The maximum absolute atomic E-state index is 8.99. The molecule has 1 N–H and O–H groups in total. The SMILES string of the molecule is N#Cc1ccccc1CNCCc1ccc(Cl)cc1. The summed E-state index contributed by atoms with van der Waals surface area (Å²) in [6.07, 6.45) is 0.950. The van der Waals surface area contributed by atoms with Crippen LogP contribution in [0.1, 0.15) is 16.7 Å². The Hall–Kier alpha value is -1.82. The fraction of sp³-hybridized carbons (Fsp3) is 0.188. The van der Waals surface area contributed by atoms with Gasteiger partial charge < -0.3 is 5.32 Å². The molecule has 96 valence electrons. The molecule has 0 saturated carbocycles. The van der Waals surface area contributed by atoms with E-state index < -0.39 is 0 Å². The third-order valence-corrected chi connectivity index (χ3v) is 3.21. The van der Waals surface area contributed by atoms with Crippen molar-refractivity contribution in [3.63, 3.8) is 0 Å². The highest BCUT2D eigenvalue weighted by atomic mass is 35.5. The van der Waals surface area contributed by atoms with E-state index in [1.54, 1.807) is 0 Å². The fourth-order valence-corrected chi connectivity index (χ4v) is 2.02. The minimum absolute atomic E-state index is 0.720. The Morgan fingerprint density at radius 2 is 1.79 bits per heavy atom. The summed E-state index contributed by atoms with van der Waals surface area (Å²) in [6.45, 7) is 1.60. The number of nitrogens with one attached hydrogen (secondary N) is 1. The Kier molecular flexibility index (Phi) is 4.97. The molecule has 19 heavy (non-hydrogen) atoms. The summed E-state index contributed by atoms with van der Waals surface area (Å²) in [5.74, 6) is 0. The Labute approximate surface area is 118 Å². The normalized spacial score (nSPS) is 10.1. The highest BCUT2D eigenvalue weighted by molar-refractivity contribution is 6.30. The van der Waals surface area contributed by atoms with Gasteiger partial charge in [-0.05, 0) is 42.3 Å². The van der Waals surface area contributed by atoms with Crippen LogP contribution < -0.4 is 5.32 Å². The first-order valence-electron chi connectivity index (χ1n) is 6.23. The molecule has 0 radical (unpaired) electrons. The van der Waals surface area contributed by atoms with E-state index in [2.05, 4.69) is 11.4 Å². The first-order chi connectivity index (χ1) is 9.29. The van der Waals surface area contributed by atoms with Gasteiger partial charge in [-0.1, -0.05) is 41.9 Å². The molecule has 0 aromatic heterocycles. The molecule has 0 heterocycles. The zero-order valence-corrected chi connectivity index (χ0v) is 11.3. The molecule has 0 aliphatic heterocycles. The van der Waals surface area contributed by atoms with Crippen LogP contribution in [0.4, 0.5) is 0 Å². The smallest absolute Gasteiger partial charge is 0.0995 e. The third-order valence-electron chi connectivity index (χ3n) is 2.96. The highest BCUT2D eigenvalue weighted by Gasteiger charge is 2.00. The molecule has 0 aliphatic carbocycles. The molecule has 2 nitrogen and oxygen atoms in total. The van der Waals surface area contributed by atoms with E-state index in [-0.39, 0.29) is 0 Å². The van der Waals surface area contributed by atoms with E-state index >= 15 is 0 Å². The average Bonchev–Trinajstić information content (AvgIpc) is 2.46. The van der Waals surface area contributed by atoms with Crippen LogP contribution in [-0.2, 0) is 13.0 Å². The summed E-state index contributed by atoms with van der Waals surface area (Å²) < 4.78 is 0. The zero-order chi connectivity index (χ0) is 13.5. The molecule has 0 fully saturated rings. The quantitative estimate of drug-likeness (QED) is 0.844. The van der Waals surface area contributed by atoms with Crippen LogP contribution in [0.2, 0.25) is 5.02 Å². The molecule has 0 atom stereocenters. The van der Waals surface area contributed by atoms with E-state index in [9.17, 15) is 0 Å². The Morgan fingerprint density at radius 1 is 1.05 bits per heavy atom. The molecule has 0 saturated heterocycles. The summed E-state index contributed by atoms with van der Waals surface area (Å²) in [6, 6.07) is 17.7. The van der Waals surface area contributed by atoms with Gasteiger partial charge in [0, 0.05) is 11.6 Å². The van der Waals surface area contributed by atoms with Crippen molar-refractivity contribution < 1.29 is 0 Å². The van der Waals surface area contributed by atoms with Gasteiger partial charge >= 0.3 is 0 Å². The van der Waals surface area contributed by atoms with Crippen LogP contribution in [0.3, 0.4) is 0 Å². The van der Waals surface area contributed by atoms with Gasteiger partial charge in [0.1, 0.15) is 0 Å². The number of rotatable bonds is 5. The molecule has 3 heteroatoms. The maximum atomic E-state index is 8.99. The van der Waals surface area contributed by atoms with Crippen LogP contribution in [0.15, 0.2) is 48.5 Å². The van der Waals surface area contributed by atoms with E-state index in [1.807, 2.05) is 48.5 Å². The number of halogens is 1. The van der Waals surface area contributed by atoms with Crippen molar-refractivity contribution in [3.05, 3.63) is 70.2 Å². The van der Waals surface area contributed by atoms with Gasteiger partial charge in [-0.15, -0.1) is 0 Å². The van der Waals surface area contributed by atoms with Gasteiger partial charge in [0.15, 0.2) is 0 Å². The molecule has 0 bridgehead atoms. The molecule has 2 rings (SSSR count). The van der Waals surface area contributed by atoms with E-state index in [1.165, 1.54) is 5.56 Å². The van der Waals surface area contributed by atoms with Crippen molar-refractivity contribution in [2.24, 2.45) is 0 Å². The van der Waals surface area contributed by atoms with Gasteiger partial charge in [0.25, 0.3) is 0 Å². The highest BCUT2D eigenvalue weighted by Crippen LogP contribution is 2.10. The molecular formula is C16H15ClN2. The van der Waals surface area contributed by atoms with Crippen LogP contribution in [0, 0.1) is 11.3 Å². The summed E-state index contributed by atoms with van der Waals surface area (Å²) in [5.41, 5.74) is 3.04. The number of nitrogens with zero attached hydrogens (tertiary/aromatic N) is 1. The van der Waals surface area contributed by atoms with Crippen LogP contribution in [0.5, 0.6) is 0 Å². The lowest BCUT2D eigenvalue weighted by atomic mass is 10.1. The Bertz CT molecular complexity index is 570. The summed E-state index contributed by atoms with van der Waals surface area (Å²) in [5, 5.41) is 13.1. The summed E-state index contributed by atoms with van der Waals surface area (Å²) in [4.78, 5) is 0. The lowest BCUT2D eigenvalue weighted by molar-refractivity contribution is 0.686. The fourth-order valence-electron chi connectivity index (χ4n) is 1.89. The molecular weight excluding hydrogens is 256 g/mol. The third kappa shape index (κ3) is 4.10. The molecule has 0 amide bonds. The monoisotopic (exact) mass is 270 g/mol. The Morgan fingerprint density at radius 3 is 2.53 bits per heavy atom. The predicted molar refractivity (Wildman–Crippen MR) is 78.0 cm³/mol. The number of hydrogen-bond acceptors (Lipinski definition) is 2. The van der Waals surface area contributed by atoms with Crippen molar-refractivity contribution >= 4 is 11.6 Å². The largest absolute Gasteiger partial charge is 0.312 e. The van der Waals surface area contributed by atoms with Gasteiger partial charge in [0.2, 0.25) is 0 Å². The molecule has 2 aromatic carbocycles. The second-order valence-corrected chi connectivity index (χ2v) is 4.76. The Balaban J connectivity index is 1.81. The van der Waals surface area contributed by atoms with Crippen molar-refractivity contribution in [3.8, 4) is 6.07 Å². The molecule has 0 aliphatic rings. The van der Waals surface area contributed by atoms with E-state index in [0.29, 0.717) is 0 Å². The summed E-state index contributed by atoms with van der Waals surface area (Å²) >= 11 is 5.84.